The molecule has 0 unspecified atom stereocenters. The molecule has 0 radical (unpaired) electrons. The minimum Gasteiger partial charge on any atom is -0.396 e. The molecule has 0 spiro atoms. The maximum Gasteiger partial charge on any atom is 0.243 e. The standard InChI is InChI=1S/C19H30N2O4S/c1-19(2,3)16-5-7-17(8-6-16)26(24,25)21-12-9-15(10-13-21)18(23)20-11-4-14-22/h5-8,15,22H,4,9-14H2,1-3H3,(H,20,23). The summed E-state index contributed by atoms with van der Waals surface area (Å²) in [5.74, 6) is -0.214. The first kappa shape index (κ1) is 20.9. The van der Waals surface area contributed by atoms with E-state index in [0.29, 0.717) is 43.8 Å². The van der Waals surface area contributed by atoms with Crippen LogP contribution >= 0.6 is 0 Å². The van der Waals surface area contributed by atoms with Crippen LogP contribution < -0.4 is 5.32 Å². The Kier molecular flexibility index (Phi) is 6.82. The maximum atomic E-state index is 12.8. The Balaban J connectivity index is 1.98. The number of carbonyl (C=O) groups is 1. The molecule has 1 saturated heterocycles. The number of hydrogen-bond acceptors (Lipinski definition) is 4. The number of aliphatic hydroxyl groups excluding tert-OH is 1. The average molecular weight is 383 g/mol. The third-order valence-corrected chi connectivity index (χ3v) is 6.73. The molecular weight excluding hydrogens is 352 g/mol. The van der Waals surface area contributed by atoms with Gasteiger partial charge in [0.2, 0.25) is 15.9 Å². The number of rotatable bonds is 6. The normalized spacial score (nSPS) is 17.2. The summed E-state index contributed by atoms with van der Waals surface area (Å²) in [6, 6.07) is 7.08. The van der Waals surface area contributed by atoms with E-state index in [1.165, 1.54) is 4.31 Å². The number of nitrogens with one attached hydrogen (secondary N) is 1. The number of sulfonamides is 1. The molecule has 0 aliphatic carbocycles. The maximum absolute atomic E-state index is 12.8. The first-order chi connectivity index (χ1) is 12.2. The minimum atomic E-state index is -3.53. The van der Waals surface area contributed by atoms with Gasteiger partial charge in [0.15, 0.2) is 0 Å². The number of aliphatic hydroxyl groups is 1. The zero-order valence-electron chi connectivity index (χ0n) is 15.9. The summed E-state index contributed by atoms with van der Waals surface area (Å²) in [7, 11) is -3.53. The summed E-state index contributed by atoms with van der Waals surface area (Å²) in [5.41, 5.74) is 1.07. The van der Waals surface area contributed by atoms with Gasteiger partial charge in [0.1, 0.15) is 0 Å². The molecule has 6 nitrogen and oxygen atoms in total. The smallest absolute Gasteiger partial charge is 0.243 e. The van der Waals surface area contributed by atoms with E-state index in [9.17, 15) is 13.2 Å². The van der Waals surface area contributed by atoms with E-state index in [1.54, 1.807) is 12.1 Å². The molecule has 1 fully saturated rings. The Labute approximate surface area is 156 Å². The zero-order valence-corrected chi connectivity index (χ0v) is 16.7. The summed E-state index contributed by atoms with van der Waals surface area (Å²) in [6.45, 7) is 7.47. The van der Waals surface area contributed by atoms with Crippen molar-refractivity contribution in [1.82, 2.24) is 9.62 Å². The van der Waals surface area contributed by atoms with E-state index in [1.807, 2.05) is 12.1 Å². The summed E-state index contributed by atoms with van der Waals surface area (Å²) in [4.78, 5) is 12.4. The van der Waals surface area contributed by atoms with Gasteiger partial charge < -0.3 is 10.4 Å². The van der Waals surface area contributed by atoms with Gasteiger partial charge in [-0.15, -0.1) is 0 Å². The second-order valence-electron chi connectivity index (χ2n) is 7.82. The predicted molar refractivity (Wildman–Crippen MR) is 101 cm³/mol. The lowest BCUT2D eigenvalue weighted by atomic mass is 9.87. The number of carbonyl (C=O) groups excluding carboxylic acids is 1. The van der Waals surface area contributed by atoms with Crippen molar-refractivity contribution in [2.75, 3.05) is 26.2 Å². The van der Waals surface area contributed by atoms with Gasteiger partial charge in [-0.25, -0.2) is 8.42 Å². The van der Waals surface area contributed by atoms with Crippen LogP contribution in [-0.2, 0) is 20.2 Å². The van der Waals surface area contributed by atoms with E-state index < -0.39 is 10.0 Å². The average Bonchev–Trinajstić information content (AvgIpc) is 2.61. The highest BCUT2D eigenvalue weighted by Gasteiger charge is 2.32. The van der Waals surface area contributed by atoms with E-state index in [-0.39, 0.29) is 23.8 Å². The van der Waals surface area contributed by atoms with Crippen molar-refractivity contribution in [1.29, 1.82) is 0 Å². The van der Waals surface area contributed by atoms with Gasteiger partial charge in [0.05, 0.1) is 4.90 Å². The van der Waals surface area contributed by atoms with E-state index >= 15 is 0 Å². The van der Waals surface area contributed by atoms with Gasteiger partial charge in [0, 0.05) is 32.2 Å². The number of hydrogen-bond donors (Lipinski definition) is 2. The first-order valence-electron chi connectivity index (χ1n) is 9.15. The molecule has 0 aromatic heterocycles. The summed E-state index contributed by atoms with van der Waals surface area (Å²) < 4.78 is 27.1. The zero-order chi connectivity index (χ0) is 19.4. The van der Waals surface area contributed by atoms with Crippen LogP contribution in [0.15, 0.2) is 29.2 Å². The number of benzene rings is 1. The van der Waals surface area contributed by atoms with Gasteiger partial charge in [-0.3, -0.25) is 4.79 Å². The Morgan fingerprint density at radius 2 is 1.77 bits per heavy atom. The quantitative estimate of drug-likeness (QED) is 0.736. The molecular formula is C19H30N2O4S. The van der Waals surface area contributed by atoms with Crippen LogP contribution in [0.5, 0.6) is 0 Å². The fraction of sp³-hybridized carbons (Fsp3) is 0.632. The number of amides is 1. The number of nitrogens with zero attached hydrogens (tertiary/aromatic N) is 1. The highest BCUT2D eigenvalue weighted by Crippen LogP contribution is 2.27. The van der Waals surface area contributed by atoms with Crippen LogP contribution in [-0.4, -0.2) is 50.0 Å². The fourth-order valence-electron chi connectivity index (χ4n) is 3.07. The molecule has 1 aliphatic rings. The minimum absolute atomic E-state index is 0.0238. The molecule has 2 rings (SSSR count). The van der Waals surface area contributed by atoms with Gasteiger partial charge >= 0.3 is 0 Å². The van der Waals surface area contributed by atoms with Crippen molar-refractivity contribution in [2.24, 2.45) is 5.92 Å². The van der Waals surface area contributed by atoms with Crippen molar-refractivity contribution < 1.29 is 18.3 Å². The third kappa shape index (κ3) is 5.05. The topological polar surface area (TPSA) is 86.7 Å². The van der Waals surface area contributed by atoms with Crippen molar-refractivity contribution in [3.05, 3.63) is 29.8 Å². The highest BCUT2D eigenvalue weighted by atomic mass is 32.2. The molecule has 26 heavy (non-hydrogen) atoms. The van der Waals surface area contributed by atoms with Crippen molar-refractivity contribution in [3.8, 4) is 0 Å². The molecule has 1 heterocycles. The lowest BCUT2D eigenvalue weighted by Crippen LogP contribution is -2.43. The Morgan fingerprint density at radius 1 is 1.19 bits per heavy atom. The van der Waals surface area contributed by atoms with Crippen LogP contribution in [0.1, 0.15) is 45.6 Å². The van der Waals surface area contributed by atoms with Crippen molar-refractivity contribution in [3.63, 3.8) is 0 Å². The molecule has 1 aromatic rings. The van der Waals surface area contributed by atoms with Crippen LogP contribution in [0.4, 0.5) is 0 Å². The van der Waals surface area contributed by atoms with Gasteiger partial charge in [-0.2, -0.15) is 4.31 Å². The Bertz CT molecular complexity index is 700. The molecule has 0 bridgehead atoms. The molecule has 7 heteroatoms. The largest absolute Gasteiger partial charge is 0.396 e. The van der Waals surface area contributed by atoms with Crippen molar-refractivity contribution in [2.45, 2.75) is 50.3 Å². The third-order valence-electron chi connectivity index (χ3n) is 4.82. The van der Waals surface area contributed by atoms with Gasteiger partial charge in [-0.05, 0) is 42.4 Å². The van der Waals surface area contributed by atoms with E-state index in [2.05, 4.69) is 26.1 Å². The van der Waals surface area contributed by atoms with Crippen LogP contribution in [0.25, 0.3) is 0 Å². The van der Waals surface area contributed by atoms with Crippen molar-refractivity contribution >= 4 is 15.9 Å². The van der Waals surface area contributed by atoms with Crippen LogP contribution in [0.2, 0.25) is 0 Å². The second-order valence-corrected chi connectivity index (χ2v) is 9.76. The monoisotopic (exact) mass is 382 g/mol. The predicted octanol–water partition coefficient (Wildman–Crippen LogP) is 1.88. The van der Waals surface area contributed by atoms with Crippen LogP contribution in [0, 0.1) is 5.92 Å². The lowest BCUT2D eigenvalue weighted by Gasteiger charge is -2.30. The lowest BCUT2D eigenvalue weighted by molar-refractivity contribution is -0.126. The highest BCUT2D eigenvalue weighted by molar-refractivity contribution is 7.89. The molecule has 1 aromatic carbocycles. The molecule has 0 atom stereocenters. The molecule has 0 saturated carbocycles. The van der Waals surface area contributed by atoms with E-state index in [0.717, 1.165) is 5.56 Å². The summed E-state index contributed by atoms with van der Waals surface area (Å²) in [6.07, 6.45) is 1.57. The molecule has 2 N–H and O–H groups in total. The Morgan fingerprint density at radius 3 is 2.27 bits per heavy atom. The summed E-state index contributed by atoms with van der Waals surface area (Å²) >= 11 is 0. The van der Waals surface area contributed by atoms with E-state index in [4.69, 9.17) is 5.11 Å². The van der Waals surface area contributed by atoms with Gasteiger partial charge in [-0.1, -0.05) is 32.9 Å². The molecule has 1 aliphatic heterocycles. The Hall–Kier alpha value is -1.44. The summed E-state index contributed by atoms with van der Waals surface area (Å²) in [5, 5.41) is 11.6. The van der Waals surface area contributed by atoms with Gasteiger partial charge in [0.25, 0.3) is 0 Å². The second kappa shape index (κ2) is 8.50. The molecule has 1 amide bonds. The molecule has 146 valence electrons. The number of piperidine rings is 1. The van der Waals surface area contributed by atoms with Crippen LogP contribution in [0.3, 0.4) is 0 Å². The first-order valence-corrected chi connectivity index (χ1v) is 10.6. The SMILES string of the molecule is CC(C)(C)c1ccc(S(=O)(=O)N2CCC(C(=O)NCCCO)CC2)cc1. The fourth-order valence-corrected chi connectivity index (χ4v) is 4.54.